The number of hydrogen-bond donors (Lipinski definition) is 1. The van der Waals surface area contributed by atoms with Crippen molar-refractivity contribution in [2.24, 2.45) is 11.7 Å². The van der Waals surface area contributed by atoms with Crippen LogP contribution in [-0.2, 0) is 4.74 Å². The van der Waals surface area contributed by atoms with Crippen molar-refractivity contribution in [1.29, 1.82) is 0 Å². The van der Waals surface area contributed by atoms with E-state index in [1.165, 1.54) is 42.4 Å². The van der Waals surface area contributed by atoms with Gasteiger partial charge in [-0.25, -0.2) is 0 Å². The van der Waals surface area contributed by atoms with Gasteiger partial charge in [0.15, 0.2) is 0 Å². The molecule has 1 saturated heterocycles. The van der Waals surface area contributed by atoms with Gasteiger partial charge in [-0.2, -0.15) is 0 Å². The number of aryl methyl sites for hydroxylation is 2. The minimum atomic E-state index is 0.164. The quantitative estimate of drug-likeness (QED) is 0.882. The van der Waals surface area contributed by atoms with Crippen molar-refractivity contribution in [3.63, 3.8) is 0 Å². The third kappa shape index (κ3) is 2.64. The molecule has 2 atom stereocenters. The van der Waals surface area contributed by atoms with E-state index in [0.29, 0.717) is 5.92 Å². The van der Waals surface area contributed by atoms with Crippen molar-refractivity contribution in [2.45, 2.75) is 64.0 Å². The molecule has 0 aromatic heterocycles. The summed E-state index contributed by atoms with van der Waals surface area (Å²) in [5.41, 5.74) is 10.8. The van der Waals surface area contributed by atoms with Crippen molar-refractivity contribution >= 4 is 0 Å². The zero-order chi connectivity index (χ0) is 14.2. The molecule has 2 nitrogen and oxygen atoms in total. The van der Waals surface area contributed by atoms with E-state index < -0.39 is 0 Å². The summed E-state index contributed by atoms with van der Waals surface area (Å²) in [5.74, 6) is 0.572. The zero-order valence-electron chi connectivity index (χ0n) is 12.8. The van der Waals surface area contributed by atoms with Gasteiger partial charge in [0.05, 0.1) is 5.60 Å². The van der Waals surface area contributed by atoms with Gasteiger partial charge >= 0.3 is 0 Å². The summed E-state index contributed by atoms with van der Waals surface area (Å²) in [5, 5.41) is 0. The molecule has 2 unspecified atom stereocenters. The lowest BCUT2D eigenvalue weighted by Gasteiger charge is -2.40. The van der Waals surface area contributed by atoms with Crippen LogP contribution in [-0.4, -0.2) is 12.2 Å². The van der Waals surface area contributed by atoms with Crippen molar-refractivity contribution in [3.05, 3.63) is 34.9 Å². The van der Waals surface area contributed by atoms with Crippen molar-refractivity contribution in [2.75, 3.05) is 6.61 Å². The van der Waals surface area contributed by atoms with E-state index in [9.17, 15) is 0 Å². The maximum Gasteiger partial charge on any atom is 0.0685 e. The summed E-state index contributed by atoms with van der Waals surface area (Å²) in [7, 11) is 0. The predicted molar refractivity (Wildman–Crippen MR) is 82.7 cm³/mol. The number of hydrogen-bond acceptors (Lipinski definition) is 2. The fraction of sp³-hybridized carbons (Fsp3) is 0.667. The largest absolute Gasteiger partial charge is 0.375 e. The number of rotatable bonds is 2. The normalized spacial score (nSPS) is 26.9. The Morgan fingerprint density at radius 2 is 2.00 bits per heavy atom. The molecule has 0 bridgehead atoms. The monoisotopic (exact) mass is 273 g/mol. The lowest BCUT2D eigenvalue weighted by Crippen LogP contribution is -2.40. The average molecular weight is 273 g/mol. The summed E-state index contributed by atoms with van der Waals surface area (Å²) in [4.78, 5) is 0. The molecule has 1 aliphatic carbocycles. The molecule has 2 aliphatic rings. The van der Waals surface area contributed by atoms with Gasteiger partial charge in [-0.3, -0.25) is 0 Å². The molecule has 1 aromatic carbocycles. The second-order valence-electron chi connectivity index (χ2n) is 6.88. The summed E-state index contributed by atoms with van der Waals surface area (Å²) < 4.78 is 6.14. The van der Waals surface area contributed by atoms with E-state index in [2.05, 4.69) is 32.0 Å². The van der Waals surface area contributed by atoms with Crippen LogP contribution >= 0.6 is 0 Å². The van der Waals surface area contributed by atoms with Gasteiger partial charge in [0.2, 0.25) is 0 Å². The fourth-order valence-electron chi connectivity index (χ4n) is 4.19. The molecule has 0 amide bonds. The summed E-state index contributed by atoms with van der Waals surface area (Å²) in [6.07, 6.45) is 7.39. The highest BCUT2D eigenvalue weighted by Gasteiger charge is 2.41. The van der Waals surface area contributed by atoms with Crippen LogP contribution in [0, 0.1) is 19.8 Å². The van der Waals surface area contributed by atoms with E-state index in [1.807, 2.05) is 0 Å². The Kier molecular flexibility index (Phi) is 3.87. The van der Waals surface area contributed by atoms with Gasteiger partial charge < -0.3 is 10.5 Å². The smallest absolute Gasteiger partial charge is 0.0685 e. The third-order valence-electron chi connectivity index (χ3n) is 5.34. The highest BCUT2D eigenvalue weighted by molar-refractivity contribution is 5.33. The van der Waals surface area contributed by atoms with Crippen LogP contribution in [0.1, 0.15) is 61.3 Å². The number of ether oxygens (including phenoxy) is 1. The van der Waals surface area contributed by atoms with Gasteiger partial charge in [0, 0.05) is 12.6 Å². The van der Waals surface area contributed by atoms with Gasteiger partial charge in [-0.1, -0.05) is 36.6 Å². The van der Waals surface area contributed by atoms with Gasteiger partial charge in [-0.15, -0.1) is 0 Å². The molecular weight excluding hydrogens is 246 g/mol. The highest BCUT2D eigenvalue weighted by Crippen LogP contribution is 2.45. The SMILES string of the molecule is Cc1ccc(C(N)C2CCOC3(CCCC3)C2)c(C)c1. The number of benzene rings is 1. The van der Waals surface area contributed by atoms with E-state index in [0.717, 1.165) is 19.4 Å². The maximum atomic E-state index is 6.62. The number of nitrogens with two attached hydrogens (primary N) is 1. The van der Waals surface area contributed by atoms with Gasteiger partial charge in [0.25, 0.3) is 0 Å². The van der Waals surface area contributed by atoms with Crippen LogP contribution in [0.3, 0.4) is 0 Å². The van der Waals surface area contributed by atoms with Gasteiger partial charge in [-0.05, 0) is 56.6 Å². The minimum Gasteiger partial charge on any atom is -0.375 e. The van der Waals surface area contributed by atoms with Crippen molar-refractivity contribution in [3.8, 4) is 0 Å². The Bertz CT molecular complexity index is 476. The summed E-state index contributed by atoms with van der Waals surface area (Å²) in [6.45, 7) is 5.22. The molecular formula is C18H27NO. The Labute approximate surface area is 122 Å². The van der Waals surface area contributed by atoms with Crippen LogP contribution in [0.5, 0.6) is 0 Å². The van der Waals surface area contributed by atoms with E-state index in [1.54, 1.807) is 0 Å². The van der Waals surface area contributed by atoms with E-state index in [4.69, 9.17) is 10.5 Å². The van der Waals surface area contributed by atoms with E-state index >= 15 is 0 Å². The lowest BCUT2D eigenvalue weighted by atomic mass is 9.78. The van der Waals surface area contributed by atoms with Crippen molar-refractivity contribution in [1.82, 2.24) is 0 Å². The maximum absolute atomic E-state index is 6.62. The molecule has 110 valence electrons. The third-order valence-corrected chi connectivity index (χ3v) is 5.34. The van der Waals surface area contributed by atoms with Crippen LogP contribution in [0.15, 0.2) is 18.2 Å². The van der Waals surface area contributed by atoms with Crippen LogP contribution < -0.4 is 5.73 Å². The molecule has 1 aromatic rings. The zero-order valence-corrected chi connectivity index (χ0v) is 12.8. The molecule has 2 heteroatoms. The Hall–Kier alpha value is -0.860. The van der Waals surface area contributed by atoms with Crippen LogP contribution in [0.4, 0.5) is 0 Å². The molecule has 1 spiro atoms. The summed E-state index contributed by atoms with van der Waals surface area (Å²) >= 11 is 0. The lowest BCUT2D eigenvalue weighted by molar-refractivity contribution is -0.0964. The van der Waals surface area contributed by atoms with Crippen LogP contribution in [0.2, 0.25) is 0 Å². The van der Waals surface area contributed by atoms with Crippen molar-refractivity contribution < 1.29 is 4.74 Å². The fourth-order valence-corrected chi connectivity index (χ4v) is 4.19. The first kappa shape index (κ1) is 14.1. The van der Waals surface area contributed by atoms with Gasteiger partial charge in [0.1, 0.15) is 0 Å². The average Bonchev–Trinajstić information content (AvgIpc) is 2.86. The topological polar surface area (TPSA) is 35.2 Å². The molecule has 3 rings (SSSR count). The molecule has 0 radical (unpaired) electrons. The minimum absolute atomic E-state index is 0.164. The first-order valence-corrected chi connectivity index (χ1v) is 8.06. The standard InChI is InChI=1S/C18H27NO/c1-13-5-6-16(14(2)11-13)17(19)15-7-10-20-18(12-15)8-3-4-9-18/h5-6,11,15,17H,3-4,7-10,12,19H2,1-2H3. The Morgan fingerprint density at radius 1 is 1.25 bits per heavy atom. The molecule has 2 fully saturated rings. The molecule has 20 heavy (non-hydrogen) atoms. The highest BCUT2D eigenvalue weighted by atomic mass is 16.5. The first-order chi connectivity index (χ1) is 9.60. The Balaban J connectivity index is 1.77. The first-order valence-electron chi connectivity index (χ1n) is 8.06. The molecule has 1 aliphatic heterocycles. The molecule has 2 N–H and O–H groups in total. The Morgan fingerprint density at radius 3 is 2.70 bits per heavy atom. The molecule has 1 saturated carbocycles. The van der Waals surface area contributed by atoms with Crippen LogP contribution in [0.25, 0.3) is 0 Å². The second-order valence-corrected chi connectivity index (χ2v) is 6.88. The van der Waals surface area contributed by atoms with E-state index in [-0.39, 0.29) is 11.6 Å². The molecule has 1 heterocycles. The summed E-state index contributed by atoms with van der Waals surface area (Å²) in [6, 6.07) is 6.83. The second kappa shape index (κ2) is 5.50. The predicted octanol–water partition coefficient (Wildman–Crippen LogP) is 4.04.